The van der Waals surface area contributed by atoms with E-state index in [1.807, 2.05) is 0 Å². The van der Waals surface area contributed by atoms with Crippen LogP contribution in [0.5, 0.6) is 0 Å². The molecule has 0 atom stereocenters. The van der Waals surface area contributed by atoms with E-state index in [0.717, 1.165) is 33.9 Å². The second-order valence-corrected chi connectivity index (χ2v) is 16.9. The lowest BCUT2D eigenvalue weighted by molar-refractivity contribution is 0.353. The van der Waals surface area contributed by atoms with Crippen molar-refractivity contribution in [2.75, 3.05) is 0 Å². The van der Waals surface area contributed by atoms with E-state index in [1.54, 1.807) is 11.1 Å². The van der Waals surface area contributed by atoms with Crippen molar-refractivity contribution in [1.82, 2.24) is 9.97 Å². The number of aromatic nitrogens is 2. The normalized spacial score (nSPS) is 15.5. The van der Waals surface area contributed by atoms with Crippen LogP contribution in [-0.2, 0) is 10.8 Å². The summed E-state index contributed by atoms with van der Waals surface area (Å²) >= 11 is 0. The van der Waals surface area contributed by atoms with Gasteiger partial charge in [-0.05, 0) is 110 Å². The quantitative estimate of drug-likeness (QED) is 0.176. The summed E-state index contributed by atoms with van der Waals surface area (Å²) in [5, 5.41) is 0. The van der Waals surface area contributed by atoms with Gasteiger partial charge in [-0.2, -0.15) is 0 Å². The molecule has 0 bridgehead atoms. The first-order valence-corrected chi connectivity index (χ1v) is 20.6. The Bertz CT molecular complexity index is 2830. The molecule has 0 aliphatic heterocycles. The molecule has 8 aromatic rings. The number of fused-ring (bicyclic) bond motifs is 8. The first-order chi connectivity index (χ1) is 28.0. The second kappa shape index (κ2) is 13.1. The molecule has 1 fully saturated rings. The fraction of sp³-hybridized carbons (Fsp3) is 0.164. The maximum absolute atomic E-state index is 5.22. The first-order valence-electron chi connectivity index (χ1n) is 20.6. The summed E-state index contributed by atoms with van der Waals surface area (Å²) in [6.07, 6.45) is 6.43. The van der Waals surface area contributed by atoms with E-state index in [9.17, 15) is 0 Å². The van der Waals surface area contributed by atoms with E-state index in [-0.39, 0.29) is 10.8 Å². The smallest absolute Gasteiger partial charge is 0.160 e. The average molecular weight is 733 g/mol. The molecular formula is C55H44N2. The van der Waals surface area contributed by atoms with Gasteiger partial charge in [0.15, 0.2) is 5.82 Å². The van der Waals surface area contributed by atoms with E-state index < -0.39 is 0 Å². The maximum Gasteiger partial charge on any atom is 0.160 e. The highest BCUT2D eigenvalue weighted by molar-refractivity contribution is 5.91. The van der Waals surface area contributed by atoms with Gasteiger partial charge in [0.05, 0.1) is 11.4 Å². The summed E-state index contributed by atoms with van der Waals surface area (Å²) in [5.41, 5.74) is 21.5. The number of benzene rings is 7. The number of hydrogen-bond donors (Lipinski definition) is 0. The van der Waals surface area contributed by atoms with Crippen LogP contribution in [0, 0.1) is 0 Å². The molecular weight excluding hydrogens is 689 g/mol. The zero-order valence-electron chi connectivity index (χ0n) is 32.6. The minimum atomic E-state index is -0.0815. The Morgan fingerprint density at radius 3 is 1.67 bits per heavy atom. The molecule has 1 heterocycles. The third-order valence-electron chi connectivity index (χ3n) is 13.3. The Labute approximate surface area is 336 Å². The molecule has 1 aromatic heterocycles. The zero-order chi connectivity index (χ0) is 38.1. The summed E-state index contributed by atoms with van der Waals surface area (Å²) in [6, 6.07) is 62.2. The summed E-state index contributed by atoms with van der Waals surface area (Å²) in [6.45, 7) is 4.82. The molecule has 0 N–H and O–H groups in total. The van der Waals surface area contributed by atoms with Crippen molar-refractivity contribution < 1.29 is 0 Å². The molecule has 7 aromatic carbocycles. The summed E-state index contributed by atoms with van der Waals surface area (Å²) in [4.78, 5) is 10.3. The number of rotatable bonds is 5. The topological polar surface area (TPSA) is 25.8 Å². The highest BCUT2D eigenvalue weighted by atomic mass is 14.9. The molecule has 0 amide bonds. The van der Waals surface area contributed by atoms with E-state index in [4.69, 9.17) is 9.97 Å². The fourth-order valence-corrected chi connectivity index (χ4v) is 10.4. The highest BCUT2D eigenvalue weighted by Crippen LogP contribution is 2.60. The summed E-state index contributed by atoms with van der Waals surface area (Å²) in [5.74, 6) is 0.721. The molecule has 2 heteroatoms. The predicted molar refractivity (Wildman–Crippen MR) is 236 cm³/mol. The van der Waals surface area contributed by atoms with E-state index in [1.165, 1.54) is 87.7 Å². The van der Waals surface area contributed by atoms with Crippen LogP contribution < -0.4 is 0 Å². The third-order valence-corrected chi connectivity index (χ3v) is 13.3. The Kier molecular flexibility index (Phi) is 7.80. The van der Waals surface area contributed by atoms with E-state index in [2.05, 4.69) is 184 Å². The van der Waals surface area contributed by atoms with Crippen LogP contribution in [-0.4, -0.2) is 9.97 Å². The first kappa shape index (κ1) is 33.9. The molecule has 3 aliphatic rings. The number of hydrogen-bond acceptors (Lipinski definition) is 2. The molecule has 0 unspecified atom stereocenters. The summed E-state index contributed by atoms with van der Waals surface area (Å²) < 4.78 is 0. The van der Waals surface area contributed by atoms with Crippen LogP contribution in [0.1, 0.15) is 68.2 Å². The Hall–Kier alpha value is -6.38. The number of nitrogens with zero attached hydrogens (tertiary/aromatic N) is 2. The molecule has 57 heavy (non-hydrogen) atoms. The van der Waals surface area contributed by atoms with E-state index >= 15 is 0 Å². The van der Waals surface area contributed by atoms with Crippen molar-refractivity contribution in [1.29, 1.82) is 0 Å². The van der Waals surface area contributed by atoms with Gasteiger partial charge in [-0.15, -0.1) is 0 Å². The van der Waals surface area contributed by atoms with Gasteiger partial charge in [-0.1, -0.05) is 173 Å². The molecule has 0 saturated heterocycles. The Morgan fingerprint density at radius 2 is 0.895 bits per heavy atom. The van der Waals surface area contributed by atoms with Crippen molar-refractivity contribution in [2.24, 2.45) is 0 Å². The molecule has 3 aliphatic carbocycles. The lowest BCUT2D eigenvalue weighted by Crippen LogP contribution is -2.28. The Morgan fingerprint density at radius 1 is 0.351 bits per heavy atom. The van der Waals surface area contributed by atoms with Crippen LogP contribution in [0.4, 0.5) is 0 Å². The lowest BCUT2D eigenvalue weighted by atomic mass is 9.67. The van der Waals surface area contributed by atoms with E-state index in [0.29, 0.717) is 0 Å². The van der Waals surface area contributed by atoms with Gasteiger partial charge in [0.25, 0.3) is 0 Å². The average Bonchev–Trinajstić information content (AvgIpc) is 3.66. The van der Waals surface area contributed by atoms with Crippen LogP contribution in [0.15, 0.2) is 170 Å². The van der Waals surface area contributed by atoms with Gasteiger partial charge in [0, 0.05) is 27.5 Å². The largest absolute Gasteiger partial charge is 0.228 e. The summed E-state index contributed by atoms with van der Waals surface area (Å²) in [7, 11) is 0. The SMILES string of the molecule is CC1(C)c2ccc(-c3cccc(-c4cc(-c5ccccc5)nc(-c5ccc(-c6ccccc6)cc5)n4)c3)cc2-c2cc3c(cc21)-c1ccccc1C31CCCCC1. The third kappa shape index (κ3) is 5.46. The van der Waals surface area contributed by atoms with Crippen molar-refractivity contribution in [3.8, 4) is 78.4 Å². The van der Waals surface area contributed by atoms with Gasteiger partial charge in [-0.25, -0.2) is 9.97 Å². The van der Waals surface area contributed by atoms with Gasteiger partial charge in [0.2, 0.25) is 0 Å². The van der Waals surface area contributed by atoms with Crippen LogP contribution in [0.25, 0.3) is 78.4 Å². The fourth-order valence-electron chi connectivity index (χ4n) is 10.4. The maximum atomic E-state index is 5.22. The molecule has 2 nitrogen and oxygen atoms in total. The van der Waals surface area contributed by atoms with Crippen molar-refractivity contribution >= 4 is 0 Å². The minimum absolute atomic E-state index is 0.0815. The Balaban J connectivity index is 1.000. The molecule has 1 saturated carbocycles. The molecule has 1 spiro atoms. The molecule has 11 rings (SSSR count). The van der Waals surface area contributed by atoms with Crippen molar-refractivity contribution in [2.45, 2.75) is 56.8 Å². The van der Waals surface area contributed by atoms with Crippen LogP contribution in [0.3, 0.4) is 0 Å². The lowest BCUT2D eigenvalue weighted by Gasteiger charge is -2.36. The zero-order valence-corrected chi connectivity index (χ0v) is 32.6. The monoisotopic (exact) mass is 732 g/mol. The second-order valence-electron chi connectivity index (χ2n) is 16.9. The molecule has 0 radical (unpaired) electrons. The molecule has 274 valence electrons. The standard InChI is InChI=1S/C55H44N2/c1-54(2)47-28-27-41(32-44(47)46-34-50-45(33-49(46)54)43-21-10-11-22-48(43)55(50)29-12-5-13-30-55)40-19-14-20-42(31-40)52-35-51(38-17-8-4-9-18-38)56-53(57-52)39-25-23-37(24-26-39)36-15-6-3-7-16-36/h3-4,6-11,14-28,31-35H,5,12-13,29-30H2,1-2H3. The van der Waals surface area contributed by atoms with Crippen molar-refractivity contribution in [3.05, 3.63) is 192 Å². The van der Waals surface area contributed by atoms with Gasteiger partial charge in [-0.3, -0.25) is 0 Å². The minimum Gasteiger partial charge on any atom is -0.228 e. The predicted octanol–water partition coefficient (Wildman–Crippen LogP) is 14.3. The highest BCUT2D eigenvalue weighted by Gasteiger charge is 2.46. The van der Waals surface area contributed by atoms with Crippen LogP contribution in [0.2, 0.25) is 0 Å². The van der Waals surface area contributed by atoms with Gasteiger partial charge < -0.3 is 0 Å². The van der Waals surface area contributed by atoms with Crippen LogP contribution >= 0.6 is 0 Å². The van der Waals surface area contributed by atoms with Crippen molar-refractivity contribution in [3.63, 3.8) is 0 Å². The van der Waals surface area contributed by atoms with Gasteiger partial charge >= 0.3 is 0 Å². The van der Waals surface area contributed by atoms with Gasteiger partial charge in [0.1, 0.15) is 0 Å².